The molecule has 4 heteroatoms. The van der Waals surface area contributed by atoms with Gasteiger partial charge in [-0.2, -0.15) is 0 Å². The molecule has 84 valence electrons. The third-order valence-electron chi connectivity index (χ3n) is 2.69. The molecule has 0 spiro atoms. The maximum atomic E-state index is 5.98. The van der Waals surface area contributed by atoms with E-state index in [1.807, 2.05) is 47.0 Å². The first-order valence-corrected chi connectivity index (χ1v) is 5.61. The zero-order valence-corrected chi connectivity index (χ0v) is 9.72. The fourth-order valence-corrected chi connectivity index (χ4v) is 2.07. The molecule has 0 unspecified atom stereocenters. The van der Waals surface area contributed by atoms with Crippen LogP contribution in [0.4, 0.5) is 5.69 Å². The van der Waals surface area contributed by atoms with Gasteiger partial charge in [0.2, 0.25) is 0 Å². The van der Waals surface area contributed by atoms with Gasteiger partial charge in [0.15, 0.2) is 0 Å². The van der Waals surface area contributed by atoms with Crippen LogP contribution in [0.1, 0.15) is 0 Å². The van der Waals surface area contributed by atoms with Gasteiger partial charge in [0.1, 0.15) is 5.82 Å². The summed E-state index contributed by atoms with van der Waals surface area (Å²) in [5.74, 6) is 0.842. The monoisotopic (exact) mass is 243 g/mol. The zero-order valence-electron chi connectivity index (χ0n) is 8.97. The molecule has 0 aliphatic heterocycles. The zero-order chi connectivity index (χ0) is 11.8. The molecular formula is C13H10ClN3. The van der Waals surface area contributed by atoms with Crippen LogP contribution < -0.4 is 5.73 Å². The lowest BCUT2D eigenvalue weighted by Gasteiger charge is -2.03. The molecule has 17 heavy (non-hydrogen) atoms. The van der Waals surface area contributed by atoms with Gasteiger partial charge in [0.25, 0.3) is 0 Å². The molecule has 3 nitrogen and oxygen atoms in total. The van der Waals surface area contributed by atoms with Crippen LogP contribution >= 0.6 is 11.6 Å². The van der Waals surface area contributed by atoms with Crippen molar-refractivity contribution in [2.24, 2.45) is 0 Å². The van der Waals surface area contributed by atoms with Crippen LogP contribution in [-0.2, 0) is 0 Å². The van der Waals surface area contributed by atoms with Gasteiger partial charge >= 0.3 is 0 Å². The Kier molecular flexibility index (Phi) is 2.27. The Balaban J connectivity index is 2.28. The standard InChI is InChI=1S/C13H10ClN3/c14-10-4-1-3-9(7-10)13-16-8-12-11(15)5-2-6-17(12)13/h1-8H,15H2. The van der Waals surface area contributed by atoms with E-state index >= 15 is 0 Å². The third-order valence-corrected chi connectivity index (χ3v) is 2.92. The average Bonchev–Trinajstić information content (AvgIpc) is 2.74. The quantitative estimate of drug-likeness (QED) is 0.713. The van der Waals surface area contributed by atoms with Crippen molar-refractivity contribution in [3.05, 3.63) is 53.8 Å². The Hall–Kier alpha value is -2.00. The van der Waals surface area contributed by atoms with Crippen molar-refractivity contribution in [1.82, 2.24) is 9.38 Å². The largest absolute Gasteiger partial charge is 0.397 e. The van der Waals surface area contributed by atoms with Gasteiger partial charge < -0.3 is 5.73 Å². The summed E-state index contributed by atoms with van der Waals surface area (Å²) in [5, 5.41) is 0.697. The summed E-state index contributed by atoms with van der Waals surface area (Å²) in [6.07, 6.45) is 3.71. The van der Waals surface area contributed by atoms with E-state index in [2.05, 4.69) is 4.98 Å². The van der Waals surface area contributed by atoms with E-state index in [0.29, 0.717) is 10.7 Å². The number of anilines is 1. The van der Waals surface area contributed by atoms with Crippen LogP contribution in [0.15, 0.2) is 48.8 Å². The highest BCUT2D eigenvalue weighted by Crippen LogP contribution is 2.24. The van der Waals surface area contributed by atoms with Crippen molar-refractivity contribution >= 4 is 22.8 Å². The van der Waals surface area contributed by atoms with Crippen LogP contribution in [-0.4, -0.2) is 9.38 Å². The molecule has 0 amide bonds. The second-order valence-electron chi connectivity index (χ2n) is 3.81. The Morgan fingerprint density at radius 2 is 2.06 bits per heavy atom. The van der Waals surface area contributed by atoms with Crippen molar-refractivity contribution in [1.29, 1.82) is 0 Å². The van der Waals surface area contributed by atoms with Crippen LogP contribution in [0.2, 0.25) is 5.02 Å². The lowest BCUT2D eigenvalue weighted by molar-refractivity contribution is 1.16. The van der Waals surface area contributed by atoms with Crippen molar-refractivity contribution < 1.29 is 0 Å². The van der Waals surface area contributed by atoms with Crippen molar-refractivity contribution in [2.75, 3.05) is 5.73 Å². The highest BCUT2D eigenvalue weighted by molar-refractivity contribution is 6.30. The number of imidazole rings is 1. The molecule has 0 saturated carbocycles. The highest BCUT2D eigenvalue weighted by atomic mass is 35.5. The SMILES string of the molecule is Nc1cccn2c(-c3cccc(Cl)c3)ncc12. The summed E-state index contributed by atoms with van der Waals surface area (Å²) in [6.45, 7) is 0. The fourth-order valence-electron chi connectivity index (χ4n) is 1.88. The molecule has 2 aromatic heterocycles. The number of nitrogens with two attached hydrogens (primary N) is 1. The lowest BCUT2D eigenvalue weighted by atomic mass is 10.2. The predicted molar refractivity (Wildman–Crippen MR) is 70.1 cm³/mol. The summed E-state index contributed by atoms with van der Waals surface area (Å²) in [4.78, 5) is 4.39. The summed E-state index contributed by atoms with van der Waals surface area (Å²) in [5.41, 5.74) is 8.49. The summed E-state index contributed by atoms with van der Waals surface area (Å²) in [6, 6.07) is 11.4. The minimum atomic E-state index is 0.697. The molecule has 0 atom stereocenters. The van der Waals surface area contributed by atoms with Crippen molar-refractivity contribution in [2.45, 2.75) is 0 Å². The number of nitrogens with zero attached hydrogens (tertiary/aromatic N) is 2. The topological polar surface area (TPSA) is 43.3 Å². The van der Waals surface area contributed by atoms with Crippen LogP contribution in [0.5, 0.6) is 0 Å². The maximum absolute atomic E-state index is 5.98. The van der Waals surface area contributed by atoms with E-state index < -0.39 is 0 Å². The molecule has 3 aromatic rings. The number of hydrogen-bond acceptors (Lipinski definition) is 2. The van der Waals surface area contributed by atoms with Gasteiger partial charge in [-0.1, -0.05) is 23.7 Å². The van der Waals surface area contributed by atoms with E-state index in [1.165, 1.54) is 0 Å². The first kappa shape index (κ1) is 10.2. The van der Waals surface area contributed by atoms with E-state index in [-0.39, 0.29) is 0 Å². The van der Waals surface area contributed by atoms with Crippen LogP contribution in [0.25, 0.3) is 16.9 Å². The normalized spacial score (nSPS) is 10.9. The molecule has 1 aromatic carbocycles. The Morgan fingerprint density at radius 3 is 2.88 bits per heavy atom. The number of nitrogen functional groups attached to an aromatic ring is 1. The van der Waals surface area contributed by atoms with Crippen LogP contribution in [0.3, 0.4) is 0 Å². The number of halogens is 1. The molecule has 0 aliphatic carbocycles. The number of benzene rings is 1. The second kappa shape index (κ2) is 3.79. The van der Waals surface area contributed by atoms with Gasteiger partial charge in [-0.15, -0.1) is 0 Å². The van der Waals surface area contributed by atoms with Gasteiger partial charge in [0, 0.05) is 16.8 Å². The average molecular weight is 244 g/mol. The van der Waals surface area contributed by atoms with Gasteiger partial charge in [-0.3, -0.25) is 4.40 Å². The molecule has 2 N–H and O–H groups in total. The number of fused-ring (bicyclic) bond motifs is 1. The molecular weight excluding hydrogens is 234 g/mol. The van der Waals surface area contributed by atoms with Crippen molar-refractivity contribution in [3.8, 4) is 11.4 Å². The molecule has 0 aliphatic rings. The summed E-state index contributed by atoms with van der Waals surface area (Å²) >= 11 is 5.98. The number of pyridine rings is 1. The first-order chi connectivity index (χ1) is 8.25. The number of aromatic nitrogens is 2. The fraction of sp³-hybridized carbons (Fsp3) is 0. The second-order valence-corrected chi connectivity index (χ2v) is 4.25. The van der Waals surface area contributed by atoms with Crippen molar-refractivity contribution in [3.63, 3.8) is 0 Å². The maximum Gasteiger partial charge on any atom is 0.144 e. The molecule has 0 radical (unpaired) electrons. The predicted octanol–water partition coefficient (Wildman–Crippen LogP) is 3.24. The minimum absolute atomic E-state index is 0.697. The Bertz CT molecular complexity index is 688. The minimum Gasteiger partial charge on any atom is -0.397 e. The van der Waals surface area contributed by atoms with Gasteiger partial charge in [-0.05, 0) is 24.3 Å². The highest BCUT2D eigenvalue weighted by Gasteiger charge is 2.07. The third kappa shape index (κ3) is 1.65. The first-order valence-electron chi connectivity index (χ1n) is 5.23. The molecule has 0 saturated heterocycles. The summed E-state index contributed by atoms with van der Waals surface area (Å²) < 4.78 is 1.96. The van der Waals surface area contributed by atoms with E-state index in [9.17, 15) is 0 Å². The molecule has 3 rings (SSSR count). The van der Waals surface area contributed by atoms with Gasteiger partial charge in [0.05, 0.1) is 17.4 Å². The smallest absolute Gasteiger partial charge is 0.144 e. The van der Waals surface area contributed by atoms with Gasteiger partial charge in [-0.25, -0.2) is 4.98 Å². The Labute approximate surface area is 103 Å². The van der Waals surface area contributed by atoms with Crippen LogP contribution in [0, 0.1) is 0 Å². The van der Waals surface area contributed by atoms with E-state index in [0.717, 1.165) is 16.9 Å². The summed E-state index contributed by atoms with van der Waals surface area (Å²) in [7, 11) is 0. The molecule has 0 bridgehead atoms. The number of hydrogen-bond donors (Lipinski definition) is 1. The lowest BCUT2D eigenvalue weighted by Crippen LogP contribution is -1.92. The number of rotatable bonds is 1. The molecule has 0 fully saturated rings. The van der Waals surface area contributed by atoms with E-state index in [4.69, 9.17) is 17.3 Å². The Morgan fingerprint density at radius 1 is 1.18 bits per heavy atom. The van der Waals surface area contributed by atoms with E-state index in [1.54, 1.807) is 6.20 Å². The molecule has 2 heterocycles.